The van der Waals surface area contributed by atoms with Crippen LogP contribution in [0.1, 0.15) is 28.0 Å². The van der Waals surface area contributed by atoms with Gasteiger partial charge in [0.1, 0.15) is 0 Å². The average Bonchev–Trinajstić information content (AvgIpc) is 2.83. The summed E-state index contributed by atoms with van der Waals surface area (Å²) in [5, 5.41) is 15.5. The third-order valence-corrected chi connectivity index (χ3v) is 2.91. The molecule has 1 aromatic carbocycles. The molecule has 0 aliphatic carbocycles. The standard InChI is InChI=1S/C15H17N3O3/c1-10-7-11(2)9-12(8-10)16-15(21)13-3-5-18(17-13)6-4-14(19)20/h3,5,7-9H,4,6H2,1-2H3,(H,16,21)(H,19,20). The smallest absolute Gasteiger partial charge is 0.305 e. The van der Waals surface area contributed by atoms with Gasteiger partial charge in [-0.15, -0.1) is 0 Å². The summed E-state index contributed by atoms with van der Waals surface area (Å²) >= 11 is 0. The van der Waals surface area contributed by atoms with E-state index in [1.807, 2.05) is 32.0 Å². The van der Waals surface area contributed by atoms with Gasteiger partial charge in [-0.3, -0.25) is 14.3 Å². The zero-order valence-corrected chi connectivity index (χ0v) is 12.0. The maximum absolute atomic E-state index is 12.1. The van der Waals surface area contributed by atoms with Crippen LogP contribution in [0.3, 0.4) is 0 Å². The van der Waals surface area contributed by atoms with Crippen molar-refractivity contribution in [3.05, 3.63) is 47.3 Å². The van der Waals surface area contributed by atoms with E-state index in [0.717, 1.165) is 16.8 Å². The fourth-order valence-electron chi connectivity index (χ4n) is 2.06. The van der Waals surface area contributed by atoms with E-state index >= 15 is 0 Å². The van der Waals surface area contributed by atoms with Gasteiger partial charge in [-0.25, -0.2) is 0 Å². The molecule has 0 radical (unpaired) electrons. The number of aromatic nitrogens is 2. The first-order chi connectivity index (χ1) is 9.94. The van der Waals surface area contributed by atoms with E-state index in [2.05, 4.69) is 10.4 Å². The first-order valence-corrected chi connectivity index (χ1v) is 6.59. The second-order valence-corrected chi connectivity index (χ2v) is 4.94. The fourth-order valence-corrected chi connectivity index (χ4v) is 2.06. The molecule has 0 aliphatic rings. The van der Waals surface area contributed by atoms with Gasteiger partial charge < -0.3 is 10.4 Å². The molecule has 6 heteroatoms. The molecule has 0 fully saturated rings. The topological polar surface area (TPSA) is 84.2 Å². The lowest BCUT2D eigenvalue weighted by Crippen LogP contribution is -2.14. The Kier molecular flexibility index (Phi) is 4.37. The van der Waals surface area contributed by atoms with Gasteiger partial charge in [0.15, 0.2) is 5.69 Å². The number of nitrogens with zero attached hydrogens (tertiary/aromatic N) is 2. The minimum Gasteiger partial charge on any atom is -0.481 e. The lowest BCUT2D eigenvalue weighted by atomic mass is 10.1. The van der Waals surface area contributed by atoms with Crippen molar-refractivity contribution in [2.45, 2.75) is 26.8 Å². The number of rotatable bonds is 5. The molecular weight excluding hydrogens is 270 g/mol. The summed E-state index contributed by atoms with van der Waals surface area (Å²) < 4.78 is 1.45. The van der Waals surface area contributed by atoms with Crippen LogP contribution in [-0.2, 0) is 11.3 Å². The van der Waals surface area contributed by atoms with Crippen LogP contribution >= 0.6 is 0 Å². The van der Waals surface area contributed by atoms with Crippen LogP contribution in [0.5, 0.6) is 0 Å². The van der Waals surface area contributed by atoms with Crippen molar-refractivity contribution in [2.24, 2.45) is 0 Å². The molecule has 1 amide bonds. The quantitative estimate of drug-likeness (QED) is 0.883. The molecular formula is C15H17N3O3. The van der Waals surface area contributed by atoms with E-state index in [-0.39, 0.29) is 24.6 Å². The Bertz CT molecular complexity index is 656. The monoisotopic (exact) mass is 287 g/mol. The average molecular weight is 287 g/mol. The maximum atomic E-state index is 12.1. The third-order valence-electron chi connectivity index (χ3n) is 2.91. The molecule has 110 valence electrons. The number of carboxylic acids is 1. The highest BCUT2D eigenvalue weighted by Crippen LogP contribution is 2.14. The van der Waals surface area contributed by atoms with Crippen LogP contribution in [0.15, 0.2) is 30.5 Å². The summed E-state index contributed by atoms with van der Waals surface area (Å²) in [6, 6.07) is 7.36. The molecule has 1 heterocycles. The zero-order valence-electron chi connectivity index (χ0n) is 12.0. The molecule has 0 unspecified atom stereocenters. The number of aryl methyl sites for hydroxylation is 3. The molecule has 2 rings (SSSR count). The molecule has 0 atom stereocenters. The van der Waals surface area contributed by atoms with E-state index in [4.69, 9.17) is 5.11 Å². The number of hydrogen-bond donors (Lipinski definition) is 2. The predicted octanol–water partition coefficient (Wildman–Crippen LogP) is 2.23. The van der Waals surface area contributed by atoms with Crippen molar-refractivity contribution in [2.75, 3.05) is 5.32 Å². The predicted molar refractivity (Wildman–Crippen MR) is 78.3 cm³/mol. The van der Waals surface area contributed by atoms with Gasteiger partial charge in [-0.05, 0) is 43.2 Å². The summed E-state index contributed by atoms with van der Waals surface area (Å²) in [5.74, 6) is -1.21. The number of amides is 1. The Morgan fingerprint density at radius 1 is 1.24 bits per heavy atom. The number of carbonyl (C=O) groups excluding carboxylic acids is 1. The Morgan fingerprint density at radius 3 is 2.52 bits per heavy atom. The number of aliphatic carboxylic acids is 1. The van der Waals surface area contributed by atoms with E-state index in [1.54, 1.807) is 12.3 Å². The first kappa shape index (κ1) is 14.8. The Hall–Kier alpha value is -2.63. The van der Waals surface area contributed by atoms with Gasteiger partial charge in [0.25, 0.3) is 5.91 Å². The first-order valence-electron chi connectivity index (χ1n) is 6.59. The molecule has 1 aromatic heterocycles. The van der Waals surface area contributed by atoms with E-state index in [0.29, 0.717) is 0 Å². The number of nitrogens with one attached hydrogen (secondary N) is 1. The minimum absolute atomic E-state index is 0.0280. The van der Waals surface area contributed by atoms with Gasteiger partial charge in [0.05, 0.1) is 13.0 Å². The van der Waals surface area contributed by atoms with Gasteiger partial charge >= 0.3 is 5.97 Å². The number of anilines is 1. The van der Waals surface area contributed by atoms with Crippen molar-refractivity contribution in [3.8, 4) is 0 Å². The summed E-state index contributed by atoms with van der Waals surface area (Å²) in [6.07, 6.45) is 1.57. The van der Waals surface area contributed by atoms with Crippen molar-refractivity contribution in [1.82, 2.24) is 9.78 Å². The van der Waals surface area contributed by atoms with Crippen molar-refractivity contribution < 1.29 is 14.7 Å². The summed E-state index contributed by atoms with van der Waals surface area (Å²) in [6.45, 7) is 4.17. The SMILES string of the molecule is Cc1cc(C)cc(NC(=O)c2ccn(CCC(=O)O)n2)c1. The minimum atomic E-state index is -0.897. The molecule has 0 saturated heterocycles. The van der Waals surface area contributed by atoms with Crippen molar-refractivity contribution in [1.29, 1.82) is 0 Å². The van der Waals surface area contributed by atoms with E-state index < -0.39 is 5.97 Å². The second-order valence-electron chi connectivity index (χ2n) is 4.94. The van der Waals surface area contributed by atoms with Gasteiger partial charge in [0.2, 0.25) is 0 Å². The molecule has 0 aliphatic heterocycles. The second kappa shape index (κ2) is 6.21. The highest BCUT2D eigenvalue weighted by atomic mass is 16.4. The molecule has 2 aromatic rings. The zero-order chi connectivity index (χ0) is 15.4. The largest absolute Gasteiger partial charge is 0.481 e. The Morgan fingerprint density at radius 2 is 1.90 bits per heavy atom. The fraction of sp³-hybridized carbons (Fsp3) is 0.267. The number of benzene rings is 1. The maximum Gasteiger partial charge on any atom is 0.305 e. The number of carbonyl (C=O) groups is 2. The van der Waals surface area contributed by atoms with Gasteiger partial charge in [-0.1, -0.05) is 6.07 Å². The van der Waals surface area contributed by atoms with Gasteiger partial charge in [0, 0.05) is 11.9 Å². The van der Waals surface area contributed by atoms with Crippen LogP contribution in [-0.4, -0.2) is 26.8 Å². The summed E-state index contributed by atoms with van der Waals surface area (Å²) in [4.78, 5) is 22.6. The molecule has 0 spiro atoms. The van der Waals surface area contributed by atoms with Crippen LogP contribution < -0.4 is 5.32 Å². The summed E-state index contributed by atoms with van der Waals surface area (Å²) in [5.41, 5.74) is 3.12. The van der Waals surface area contributed by atoms with Crippen LogP contribution in [0.2, 0.25) is 0 Å². The van der Waals surface area contributed by atoms with Crippen LogP contribution in [0, 0.1) is 13.8 Å². The van der Waals surface area contributed by atoms with Crippen molar-refractivity contribution >= 4 is 17.6 Å². The highest BCUT2D eigenvalue weighted by molar-refractivity contribution is 6.02. The molecule has 0 bridgehead atoms. The molecule has 0 saturated carbocycles. The highest BCUT2D eigenvalue weighted by Gasteiger charge is 2.10. The molecule has 21 heavy (non-hydrogen) atoms. The Balaban J connectivity index is 2.04. The van der Waals surface area contributed by atoms with E-state index in [1.165, 1.54) is 4.68 Å². The van der Waals surface area contributed by atoms with E-state index in [9.17, 15) is 9.59 Å². The normalized spacial score (nSPS) is 10.4. The Labute approximate surface area is 122 Å². The third kappa shape index (κ3) is 4.17. The van der Waals surface area contributed by atoms with Crippen LogP contribution in [0.25, 0.3) is 0 Å². The van der Waals surface area contributed by atoms with Crippen molar-refractivity contribution in [3.63, 3.8) is 0 Å². The lowest BCUT2D eigenvalue weighted by Gasteiger charge is -2.06. The van der Waals surface area contributed by atoms with Gasteiger partial charge in [-0.2, -0.15) is 5.10 Å². The number of carboxylic acid groups (broad SMARTS) is 1. The van der Waals surface area contributed by atoms with Crippen LogP contribution in [0.4, 0.5) is 5.69 Å². The molecule has 6 nitrogen and oxygen atoms in total. The lowest BCUT2D eigenvalue weighted by molar-refractivity contribution is -0.137. The summed E-state index contributed by atoms with van der Waals surface area (Å²) in [7, 11) is 0. The number of hydrogen-bond acceptors (Lipinski definition) is 3. The molecule has 2 N–H and O–H groups in total.